The average molecular weight is 290 g/mol. The van der Waals surface area contributed by atoms with Gasteiger partial charge < -0.3 is 14.2 Å². The van der Waals surface area contributed by atoms with Gasteiger partial charge >= 0.3 is 0 Å². The second kappa shape index (κ2) is 6.13. The molecule has 2 aliphatic rings. The first-order chi connectivity index (χ1) is 10.3. The summed E-state index contributed by atoms with van der Waals surface area (Å²) in [6.07, 6.45) is 3.09. The molecule has 0 bridgehead atoms. The fraction of sp³-hybridized carbons (Fsp3) is 0.467. The van der Waals surface area contributed by atoms with Crippen LogP contribution in [-0.2, 0) is 9.53 Å². The zero-order valence-electron chi connectivity index (χ0n) is 11.9. The molecule has 0 spiro atoms. The number of nitrogens with one attached hydrogen (secondary N) is 1. The minimum absolute atomic E-state index is 0.0310. The monoisotopic (exact) mass is 290 g/mol. The number of carbonyl (C=O) groups is 1. The highest BCUT2D eigenvalue weighted by atomic mass is 16.6. The van der Waals surface area contributed by atoms with Crippen molar-refractivity contribution in [2.45, 2.75) is 24.9 Å². The summed E-state index contributed by atoms with van der Waals surface area (Å²) in [4.78, 5) is 11.4. The fourth-order valence-electron chi connectivity index (χ4n) is 2.50. The third kappa shape index (κ3) is 3.16. The van der Waals surface area contributed by atoms with Crippen LogP contribution in [0.3, 0.4) is 0 Å². The number of methoxy groups -OCH3 is 1. The maximum atomic E-state index is 11.4. The third-order valence-corrected chi connectivity index (χ3v) is 3.65. The predicted octanol–water partition coefficient (Wildman–Crippen LogP) is 1.45. The third-order valence-electron chi connectivity index (χ3n) is 3.65. The highest BCUT2D eigenvalue weighted by Gasteiger charge is 2.22. The number of hydrogen-bond donors (Lipinski definition) is 1. The molecule has 2 unspecified atom stereocenters. The Kier molecular flexibility index (Phi) is 4.06. The van der Waals surface area contributed by atoms with E-state index in [-0.39, 0.29) is 17.9 Å². The highest BCUT2D eigenvalue weighted by molar-refractivity contribution is 5.86. The van der Waals surface area contributed by atoms with Crippen LogP contribution in [0.25, 0.3) is 0 Å². The Morgan fingerprint density at radius 2 is 2.29 bits per heavy atom. The normalized spacial score (nSPS) is 24.7. The molecular weight excluding hydrogens is 272 g/mol. The number of amides is 1. The van der Waals surface area contributed by atoms with Gasteiger partial charge in [0.25, 0.3) is 0 Å². The van der Waals surface area contributed by atoms with Crippen molar-refractivity contribution >= 4 is 12.1 Å². The van der Waals surface area contributed by atoms with Crippen molar-refractivity contribution in [3.63, 3.8) is 0 Å². The molecule has 0 aliphatic carbocycles. The fourth-order valence-corrected chi connectivity index (χ4v) is 2.50. The number of hydrazone groups is 1. The van der Waals surface area contributed by atoms with Gasteiger partial charge in [0.2, 0.25) is 5.91 Å². The lowest BCUT2D eigenvalue weighted by Crippen LogP contribution is -2.26. The molecular formula is C15H18N2O4. The van der Waals surface area contributed by atoms with Crippen molar-refractivity contribution in [3.05, 3.63) is 23.8 Å². The second-order valence-corrected chi connectivity index (χ2v) is 5.14. The molecule has 1 N–H and O–H groups in total. The zero-order chi connectivity index (χ0) is 14.7. The Labute approximate surface area is 123 Å². The number of nitrogens with zero attached hydrogens (tertiary/aromatic N) is 1. The van der Waals surface area contributed by atoms with E-state index in [0.29, 0.717) is 24.5 Å². The van der Waals surface area contributed by atoms with Crippen molar-refractivity contribution < 1.29 is 19.0 Å². The van der Waals surface area contributed by atoms with E-state index in [2.05, 4.69) is 10.5 Å². The van der Waals surface area contributed by atoms with Crippen LogP contribution in [0.5, 0.6) is 11.5 Å². The summed E-state index contributed by atoms with van der Waals surface area (Å²) in [5, 5.41) is 3.86. The van der Waals surface area contributed by atoms with E-state index in [1.54, 1.807) is 13.3 Å². The smallest absolute Gasteiger partial charge is 0.241 e. The van der Waals surface area contributed by atoms with Gasteiger partial charge in [-0.1, -0.05) is 6.07 Å². The highest BCUT2D eigenvalue weighted by Crippen LogP contribution is 2.33. The van der Waals surface area contributed by atoms with E-state index < -0.39 is 0 Å². The van der Waals surface area contributed by atoms with Crippen LogP contribution in [-0.4, -0.2) is 38.5 Å². The lowest BCUT2D eigenvalue weighted by Gasteiger charge is -2.19. The van der Waals surface area contributed by atoms with Gasteiger partial charge in [0.15, 0.2) is 11.5 Å². The molecule has 2 heterocycles. The van der Waals surface area contributed by atoms with Crippen LogP contribution in [0.4, 0.5) is 0 Å². The van der Waals surface area contributed by atoms with Crippen molar-refractivity contribution in [2.24, 2.45) is 5.10 Å². The molecule has 2 aliphatic heterocycles. The maximum absolute atomic E-state index is 11.4. The van der Waals surface area contributed by atoms with Gasteiger partial charge in [-0.3, -0.25) is 4.79 Å². The second-order valence-electron chi connectivity index (χ2n) is 5.14. The number of benzene rings is 1. The van der Waals surface area contributed by atoms with Crippen LogP contribution in [0, 0.1) is 0 Å². The van der Waals surface area contributed by atoms with E-state index in [4.69, 9.17) is 14.2 Å². The molecule has 6 heteroatoms. The standard InChI is InChI=1S/C15H18N2O4/c1-19-14-6-10(11-7-15(18)17-16-8-11)2-3-13(14)21-12-4-5-20-9-12/h2-3,6,8,11-12H,4-5,7,9H2,1H3,(H,17,18). The number of ether oxygens (including phenoxy) is 3. The summed E-state index contributed by atoms with van der Waals surface area (Å²) in [6.45, 7) is 1.35. The largest absolute Gasteiger partial charge is 0.493 e. The zero-order valence-corrected chi connectivity index (χ0v) is 11.9. The lowest BCUT2D eigenvalue weighted by molar-refractivity contribution is -0.121. The van der Waals surface area contributed by atoms with Crippen molar-refractivity contribution in [1.29, 1.82) is 0 Å². The lowest BCUT2D eigenvalue weighted by atomic mass is 9.95. The summed E-state index contributed by atoms with van der Waals surface area (Å²) in [7, 11) is 1.61. The summed E-state index contributed by atoms with van der Waals surface area (Å²) in [5.74, 6) is 1.26. The van der Waals surface area contributed by atoms with Gasteiger partial charge in [0.05, 0.1) is 20.3 Å². The minimum atomic E-state index is -0.0788. The first kappa shape index (κ1) is 13.9. The van der Waals surface area contributed by atoms with Crippen molar-refractivity contribution in [2.75, 3.05) is 20.3 Å². The molecule has 3 rings (SSSR count). The molecule has 0 radical (unpaired) electrons. The van der Waals surface area contributed by atoms with Crippen molar-refractivity contribution in [3.8, 4) is 11.5 Å². The van der Waals surface area contributed by atoms with Crippen molar-refractivity contribution in [1.82, 2.24) is 5.43 Å². The van der Waals surface area contributed by atoms with E-state index in [1.807, 2.05) is 18.2 Å². The molecule has 1 saturated heterocycles. The molecule has 2 atom stereocenters. The van der Waals surface area contributed by atoms with Gasteiger partial charge in [-0.15, -0.1) is 0 Å². The quantitative estimate of drug-likeness (QED) is 0.911. The minimum Gasteiger partial charge on any atom is -0.493 e. The Hall–Kier alpha value is -2.08. The van der Waals surface area contributed by atoms with Gasteiger partial charge in [0, 0.05) is 25.0 Å². The van der Waals surface area contributed by atoms with Crippen LogP contribution >= 0.6 is 0 Å². The number of rotatable bonds is 4. The molecule has 21 heavy (non-hydrogen) atoms. The molecule has 112 valence electrons. The molecule has 0 saturated carbocycles. The van der Waals surface area contributed by atoms with Crippen LogP contribution < -0.4 is 14.9 Å². The summed E-state index contributed by atoms with van der Waals surface area (Å²) >= 11 is 0. The van der Waals surface area contributed by atoms with E-state index in [9.17, 15) is 4.79 Å². The van der Waals surface area contributed by atoms with Crippen LogP contribution in [0.1, 0.15) is 24.3 Å². The van der Waals surface area contributed by atoms with Crippen LogP contribution in [0.15, 0.2) is 23.3 Å². The SMILES string of the molecule is COc1cc(C2C=NNC(=O)C2)ccc1OC1CCOC1. The van der Waals surface area contributed by atoms with E-state index in [1.165, 1.54) is 0 Å². The van der Waals surface area contributed by atoms with Gasteiger partial charge in [0.1, 0.15) is 6.10 Å². The average Bonchev–Trinajstić information content (AvgIpc) is 3.00. The molecule has 0 aromatic heterocycles. The van der Waals surface area contributed by atoms with E-state index >= 15 is 0 Å². The van der Waals surface area contributed by atoms with E-state index in [0.717, 1.165) is 18.6 Å². The topological polar surface area (TPSA) is 69.2 Å². The Bertz CT molecular complexity index is 553. The Balaban J connectivity index is 1.79. The van der Waals surface area contributed by atoms with Crippen LogP contribution in [0.2, 0.25) is 0 Å². The van der Waals surface area contributed by atoms with Gasteiger partial charge in [-0.05, 0) is 17.7 Å². The van der Waals surface area contributed by atoms with Gasteiger partial charge in [-0.2, -0.15) is 5.10 Å². The number of hydrogen-bond acceptors (Lipinski definition) is 5. The molecule has 6 nitrogen and oxygen atoms in total. The molecule has 1 aromatic rings. The Morgan fingerprint density at radius 3 is 3.00 bits per heavy atom. The van der Waals surface area contributed by atoms with Gasteiger partial charge in [-0.25, -0.2) is 5.43 Å². The summed E-state index contributed by atoms with van der Waals surface area (Å²) in [6, 6.07) is 5.73. The maximum Gasteiger partial charge on any atom is 0.241 e. The molecule has 1 amide bonds. The Morgan fingerprint density at radius 1 is 1.38 bits per heavy atom. The number of carbonyl (C=O) groups excluding carboxylic acids is 1. The first-order valence-corrected chi connectivity index (χ1v) is 7.00. The first-order valence-electron chi connectivity index (χ1n) is 7.00. The molecule has 1 fully saturated rings. The predicted molar refractivity (Wildman–Crippen MR) is 76.8 cm³/mol. The summed E-state index contributed by atoms with van der Waals surface area (Å²) in [5.41, 5.74) is 3.42. The molecule has 1 aromatic carbocycles. The summed E-state index contributed by atoms with van der Waals surface area (Å²) < 4.78 is 16.6.